The number of benzene rings is 2. The first-order valence-corrected chi connectivity index (χ1v) is 6.19. The molecule has 0 saturated carbocycles. The lowest BCUT2D eigenvalue weighted by Crippen LogP contribution is -2.10. The Morgan fingerprint density at radius 3 is 2.44 bits per heavy atom. The molecule has 4 heteroatoms. The lowest BCUT2D eigenvalue weighted by Gasteiger charge is -2.10. The Hall–Kier alpha value is -1.58. The van der Waals surface area contributed by atoms with E-state index in [-0.39, 0.29) is 4.99 Å². The predicted molar refractivity (Wildman–Crippen MR) is 78.6 cm³/mol. The van der Waals surface area contributed by atoms with Crippen LogP contribution in [-0.4, -0.2) is 4.99 Å². The minimum absolute atomic E-state index is 0.264. The summed E-state index contributed by atoms with van der Waals surface area (Å²) in [6, 6.07) is 13.0. The van der Waals surface area contributed by atoms with Crippen molar-refractivity contribution in [2.45, 2.75) is 6.92 Å². The second-order valence-electron chi connectivity index (χ2n) is 3.92. The summed E-state index contributed by atoms with van der Waals surface area (Å²) in [6.07, 6.45) is 0. The van der Waals surface area contributed by atoms with Crippen LogP contribution in [-0.2, 0) is 0 Å². The zero-order valence-corrected chi connectivity index (χ0v) is 11.4. The average molecular weight is 278 g/mol. The predicted octanol–water partition coefficient (Wildman–Crippen LogP) is 4.07. The normalized spacial score (nSPS) is 10.1. The van der Waals surface area contributed by atoms with Gasteiger partial charge in [-0.05, 0) is 37.3 Å². The SMILES string of the molecule is Cc1ccc(Oc2ccc(Cl)cc2C(N)=S)cc1. The number of rotatable bonds is 3. The Morgan fingerprint density at radius 1 is 1.17 bits per heavy atom. The summed E-state index contributed by atoms with van der Waals surface area (Å²) in [5.74, 6) is 1.34. The van der Waals surface area contributed by atoms with Crippen LogP contribution in [0.2, 0.25) is 5.02 Å². The van der Waals surface area contributed by atoms with Crippen LogP contribution in [0.1, 0.15) is 11.1 Å². The van der Waals surface area contributed by atoms with Gasteiger partial charge >= 0.3 is 0 Å². The zero-order chi connectivity index (χ0) is 13.1. The molecule has 2 nitrogen and oxygen atoms in total. The van der Waals surface area contributed by atoms with Crippen LogP contribution in [0, 0.1) is 6.92 Å². The van der Waals surface area contributed by atoms with Crippen LogP contribution < -0.4 is 10.5 Å². The Morgan fingerprint density at radius 2 is 1.83 bits per heavy atom. The van der Waals surface area contributed by atoms with E-state index in [1.165, 1.54) is 5.56 Å². The fourth-order valence-electron chi connectivity index (χ4n) is 1.52. The molecule has 18 heavy (non-hydrogen) atoms. The van der Waals surface area contributed by atoms with Gasteiger partial charge in [-0.25, -0.2) is 0 Å². The van der Waals surface area contributed by atoms with E-state index in [9.17, 15) is 0 Å². The average Bonchev–Trinajstić information content (AvgIpc) is 2.34. The summed E-state index contributed by atoms with van der Waals surface area (Å²) >= 11 is 10.9. The van der Waals surface area contributed by atoms with Crippen LogP contribution in [0.4, 0.5) is 0 Å². The van der Waals surface area contributed by atoms with Crippen molar-refractivity contribution in [3.63, 3.8) is 0 Å². The van der Waals surface area contributed by atoms with E-state index in [1.54, 1.807) is 18.2 Å². The highest BCUT2D eigenvalue weighted by molar-refractivity contribution is 7.80. The van der Waals surface area contributed by atoms with Gasteiger partial charge in [-0.2, -0.15) is 0 Å². The maximum atomic E-state index is 5.91. The highest BCUT2D eigenvalue weighted by atomic mass is 35.5. The molecule has 0 bridgehead atoms. The first-order valence-electron chi connectivity index (χ1n) is 5.40. The molecule has 0 radical (unpaired) electrons. The van der Waals surface area contributed by atoms with Gasteiger partial charge in [0.1, 0.15) is 16.5 Å². The molecule has 0 unspecified atom stereocenters. The lowest BCUT2D eigenvalue weighted by atomic mass is 10.2. The smallest absolute Gasteiger partial charge is 0.137 e. The van der Waals surface area contributed by atoms with Crippen molar-refractivity contribution in [3.8, 4) is 11.5 Å². The first kappa shape index (κ1) is 12.9. The van der Waals surface area contributed by atoms with Gasteiger partial charge < -0.3 is 10.5 Å². The molecule has 92 valence electrons. The van der Waals surface area contributed by atoms with Crippen molar-refractivity contribution in [1.82, 2.24) is 0 Å². The van der Waals surface area contributed by atoms with Crippen molar-refractivity contribution in [2.75, 3.05) is 0 Å². The third-order valence-corrected chi connectivity index (χ3v) is 2.91. The first-order chi connectivity index (χ1) is 8.56. The third kappa shape index (κ3) is 3.00. The highest BCUT2D eigenvalue weighted by Crippen LogP contribution is 2.28. The van der Waals surface area contributed by atoms with Crippen LogP contribution >= 0.6 is 23.8 Å². The van der Waals surface area contributed by atoms with E-state index >= 15 is 0 Å². The molecule has 2 N–H and O–H groups in total. The number of halogens is 1. The summed E-state index contributed by atoms with van der Waals surface area (Å²) in [5, 5.41) is 0.578. The van der Waals surface area contributed by atoms with Crippen molar-refractivity contribution in [2.24, 2.45) is 5.73 Å². The summed E-state index contributed by atoms with van der Waals surface area (Å²) in [6.45, 7) is 2.02. The minimum atomic E-state index is 0.264. The molecular formula is C14H12ClNOS. The van der Waals surface area contributed by atoms with Crippen LogP contribution in [0.3, 0.4) is 0 Å². The molecular weight excluding hydrogens is 266 g/mol. The number of hydrogen-bond donors (Lipinski definition) is 1. The maximum Gasteiger partial charge on any atom is 0.137 e. The van der Waals surface area contributed by atoms with Gasteiger partial charge in [-0.15, -0.1) is 0 Å². The quantitative estimate of drug-likeness (QED) is 0.859. The molecule has 0 atom stereocenters. The number of hydrogen-bond acceptors (Lipinski definition) is 2. The summed E-state index contributed by atoms with van der Waals surface area (Å²) in [5.41, 5.74) is 7.47. The topological polar surface area (TPSA) is 35.2 Å². The van der Waals surface area contributed by atoms with Crippen molar-refractivity contribution in [1.29, 1.82) is 0 Å². The monoisotopic (exact) mass is 277 g/mol. The Labute approximate surface area is 116 Å². The molecule has 0 aliphatic carbocycles. The Bertz CT molecular complexity index is 581. The molecule has 0 aliphatic rings. The van der Waals surface area contributed by atoms with Gasteiger partial charge in [0.25, 0.3) is 0 Å². The molecule has 0 spiro atoms. The number of thiocarbonyl (C=S) groups is 1. The largest absolute Gasteiger partial charge is 0.457 e. The lowest BCUT2D eigenvalue weighted by molar-refractivity contribution is 0.481. The van der Waals surface area contributed by atoms with Crippen LogP contribution in [0.5, 0.6) is 11.5 Å². The zero-order valence-electron chi connectivity index (χ0n) is 9.81. The van der Waals surface area contributed by atoms with E-state index in [1.807, 2.05) is 31.2 Å². The van der Waals surface area contributed by atoms with Gasteiger partial charge in [-0.1, -0.05) is 41.5 Å². The van der Waals surface area contributed by atoms with E-state index in [0.29, 0.717) is 16.3 Å². The molecule has 0 heterocycles. The fourth-order valence-corrected chi connectivity index (χ4v) is 1.85. The molecule has 2 rings (SSSR count). The van der Waals surface area contributed by atoms with E-state index < -0.39 is 0 Å². The van der Waals surface area contributed by atoms with Crippen molar-refractivity contribution < 1.29 is 4.74 Å². The number of aryl methyl sites for hydroxylation is 1. The van der Waals surface area contributed by atoms with Gasteiger partial charge in [0.05, 0.1) is 5.56 Å². The van der Waals surface area contributed by atoms with E-state index in [0.717, 1.165) is 5.75 Å². The molecule has 0 amide bonds. The summed E-state index contributed by atoms with van der Waals surface area (Å²) < 4.78 is 5.75. The van der Waals surface area contributed by atoms with Gasteiger partial charge in [0, 0.05) is 5.02 Å². The third-order valence-electron chi connectivity index (χ3n) is 2.46. The van der Waals surface area contributed by atoms with Gasteiger partial charge in [0.2, 0.25) is 0 Å². The molecule has 0 aromatic heterocycles. The van der Waals surface area contributed by atoms with E-state index in [2.05, 4.69) is 0 Å². The summed E-state index contributed by atoms with van der Waals surface area (Å²) in [4.78, 5) is 0.264. The Kier molecular flexibility index (Phi) is 3.84. The van der Waals surface area contributed by atoms with Gasteiger partial charge in [-0.3, -0.25) is 0 Å². The summed E-state index contributed by atoms with van der Waals surface area (Å²) in [7, 11) is 0. The fraction of sp³-hybridized carbons (Fsp3) is 0.0714. The molecule has 0 saturated heterocycles. The molecule has 0 aliphatic heterocycles. The van der Waals surface area contributed by atoms with Crippen LogP contribution in [0.25, 0.3) is 0 Å². The molecule has 2 aromatic rings. The standard InChI is InChI=1S/C14H12ClNOS/c1-9-2-5-11(6-3-9)17-13-7-4-10(15)8-12(13)14(16)18/h2-8H,1H3,(H2,16,18). The molecule has 0 fully saturated rings. The Balaban J connectivity index is 2.34. The highest BCUT2D eigenvalue weighted by Gasteiger charge is 2.08. The van der Waals surface area contributed by atoms with Crippen molar-refractivity contribution >= 4 is 28.8 Å². The minimum Gasteiger partial charge on any atom is -0.457 e. The van der Waals surface area contributed by atoms with Gasteiger partial charge in [0.15, 0.2) is 0 Å². The maximum absolute atomic E-state index is 5.91. The van der Waals surface area contributed by atoms with Crippen molar-refractivity contribution in [3.05, 3.63) is 58.6 Å². The number of ether oxygens (including phenoxy) is 1. The van der Waals surface area contributed by atoms with E-state index in [4.69, 9.17) is 34.3 Å². The second kappa shape index (κ2) is 5.38. The van der Waals surface area contributed by atoms with Crippen LogP contribution in [0.15, 0.2) is 42.5 Å². The second-order valence-corrected chi connectivity index (χ2v) is 4.80. The molecule has 2 aromatic carbocycles. The number of nitrogens with two attached hydrogens (primary N) is 1.